The van der Waals surface area contributed by atoms with E-state index in [1.54, 1.807) is 19.4 Å². The van der Waals surface area contributed by atoms with Crippen molar-refractivity contribution in [2.75, 3.05) is 11.9 Å². The van der Waals surface area contributed by atoms with E-state index in [4.69, 9.17) is 0 Å². The van der Waals surface area contributed by atoms with Gasteiger partial charge in [0.1, 0.15) is 0 Å². The second-order valence-electron chi connectivity index (χ2n) is 5.71. The van der Waals surface area contributed by atoms with Crippen LogP contribution in [0.4, 0.5) is 5.82 Å². The van der Waals surface area contributed by atoms with Crippen molar-refractivity contribution in [1.82, 2.24) is 9.55 Å². The molecule has 0 saturated heterocycles. The minimum atomic E-state index is -0.614. The third kappa shape index (κ3) is 2.04. The van der Waals surface area contributed by atoms with E-state index in [1.807, 2.05) is 0 Å². The van der Waals surface area contributed by atoms with Crippen molar-refractivity contribution in [2.45, 2.75) is 25.0 Å². The lowest BCUT2D eigenvalue weighted by Gasteiger charge is -2.29. The van der Waals surface area contributed by atoms with E-state index in [9.17, 15) is 15.0 Å². The number of aliphatic hydroxyl groups excluding tert-OH is 2. The summed E-state index contributed by atoms with van der Waals surface area (Å²) in [5, 5.41) is 22.7. The van der Waals surface area contributed by atoms with Gasteiger partial charge in [-0.1, -0.05) is 0 Å². The Morgan fingerprint density at radius 1 is 1.42 bits per heavy atom. The van der Waals surface area contributed by atoms with Crippen LogP contribution in [-0.4, -0.2) is 38.5 Å². The predicted octanol–water partition coefficient (Wildman–Crippen LogP) is -0.430. The Morgan fingerprint density at radius 3 is 2.89 bits per heavy atom. The molecule has 0 aromatic carbocycles. The zero-order chi connectivity index (χ0) is 13.6. The number of aliphatic hydroxyl groups is 2. The van der Waals surface area contributed by atoms with E-state index in [-0.39, 0.29) is 17.4 Å². The van der Waals surface area contributed by atoms with Gasteiger partial charge in [0.15, 0.2) is 5.82 Å². The van der Waals surface area contributed by atoms with Gasteiger partial charge in [0.25, 0.3) is 5.56 Å². The fraction of sp³-hybridized carbons (Fsp3) is 0.692. The SMILES string of the molecule is Cn1ccnc(NC[C@@H]2C[C@H]3C[C@@H]2[C@H](O)[C@@H]3O)c1=O. The van der Waals surface area contributed by atoms with E-state index in [1.165, 1.54) is 4.57 Å². The first-order valence-electron chi connectivity index (χ1n) is 6.69. The molecule has 1 heterocycles. The minimum absolute atomic E-state index is 0.139. The first-order valence-corrected chi connectivity index (χ1v) is 6.69. The molecule has 2 aliphatic rings. The molecule has 0 amide bonds. The van der Waals surface area contributed by atoms with Gasteiger partial charge >= 0.3 is 0 Å². The van der Waals surface area contributed by atoms with E-state index in [0.29, 0.717) is 18.3 Å². The van der Waals surface area contributed by atoms with Crippen molar-refractivity contribution in [3.63, 3.8) is 0 Å². The Balaban J connectivity index is 1.65. The third-order valence-corrected chi connectivity index (χ3v) is 4.61. The second-order valence-corrected chi connectivity index (χ2v) is 5.71. The highest BCUT2D eigenvalue weighted by Gasteiger charge is 2.51. The number of aryl methyl sites for hydroxylation is 1. The standard InChI is InChI=1S/C13H19N3O3/c1-16-3-2-14-12(13(16)19)15-6-8-4-7-5-9(8)11(18)10(7)17/h2-3,7-11,17-18H,4-6H2,1H3,(H,14,15)/t7-,8-,9-,10+,11-/m0/s1. The summed E-state index contributed by atoms with van der Waals surface area (Å²) in [6, 6.07) is 0. The number of nitrogens with zero attached hydrogens (tertiary/aromatic N) is 2. The monoisotopic (exact) mass is 265 g/mol. The Hall–Kier alpha value is -1.40. The smallest absolute Gasteiger partial charge is 0.293 e. The summed E-state index contributed by atoms with van der Waals surface area (Å²) < 4.78 is 1.48. The van der Waals surface area contributed by atoms with Gasteiger partial charge in [0.2, 0.25) is 0 Å². The maximum Gasteiger partial charge on any atom is 0.293 e. The van der Waals surface area contributed by atoms with Crippen LogP contribution in [0.15, 0.2) is 17.2 Å². The summed E-state index contributed by atoms with van der Waals surface area (Å²) in [5.41, 5.74) is -0.147. The number of hydrogen-bond acceptors (Lipinski definition) is 5. The number of fused-ring (bicyclic) bond motifs is 2. The molecule has 6 heteroatoms. The quantitative estimate of drug-likeness (QED) is 0.690. The minimum Gasteiger partial charge on any atom is -0.390 e. The number of hydrogen-bond donors (Lipinski definition) is 3. The van der Waals surface area contributed by atoms with Crippen LogP contribution in [-0.2, 0) is 7.05 Å². The van der Waals surface area contributed by atoms with Crippen LogP contribution in [0.2, 0.25) is 0 Å². The summed E-state index contributed by atoms with van der Waals surface area (Å²) in [4.78, 5) is 15.8. The average molecular weight is 265 g/mol. The van der Waals surface area contributed by atoms with Gasteiger partial charge in [-0.25, -0.2) is 4.98 Å². The fourth-order valence-corrected chi connectivity index (χ4v) is 3.51. The fourth-order valence-electron chi connectivity index (χ4n) is 3.51. The molecule has 104 valence electrons. The molecule has 19 heavy (non-hydrogen) atoms. The van der Waals surface area contributed by atoms with Crippen molar-refractivity contribution in [3.8, 4) is 0 Å². The molecule has 3 N–H and O–H groups in total. The molecule has 0 unspecified atom stereocenters. The van der Waals surface area contributed by atoms with Crippen LogP contribution in [0.25, 0.3) is 0 Å². The van der Waals surface area contributed by atoms with E-state index in [2.05, 4.69) is 10.3 Å². The molecule has 0 radical (unpaired) electrons. The molecule has 6 nitrogen and oxygen atoms in total. The summed E-state index contributed by atoms with van der Waals surface area (Å²) >= 11 is 0. The highest BCUT2D eigenvalue weighted by molar-refractivity contribution is 5.30. The molecule has 1 aromatic rings. The Morgan fingerprint density at radius 2 is 2.21 bits per heavy atom. The molecule has 0 spiro atoms. The summed E-state index contributed by atoms with van der Waals surface area (Å²) in [6.07, 6.45) is 3.81. The normalized spacial score (nSPS) is 36.7. The van der Waals surface area contributed by atoms with Crippen LogP contribution in [0, 0.1) is 17.8 Å². The highest BCUT2D eigenvalue weighted by atomic mass is 16.3. The Bertz CT molecular complexity index is 528. The topological polar surface area (TPSA) is 87.4 Å². The summed E-state index contributed by atoms with van der Waals surface area (Å²) in [5.74, 6) is 0.997. The molecule has 0 aliphatic heterocycles. The predicted molar refractivity (Wildman–Crippen MR) is 69.7 cm³/mol. The molecule has 2 fully saturated rings. The van der Waals surface area contributed by atoms with Crippen LogP contribution >= 0.6 is 0 Å². The van der Waals surface area contributed by atoms with Gasteiger partial charge in [0.05, 0.1) is 12.2 Å². The molecule has 3 rings (SSSR count). The first kappa shape index (κ1) is 12.6. The van der Waals surface area contributed by atoms with Crippen LogP contribution < -0.4 is 10.9 Å². The van der Waals surface area contributed by atoms with Crippen molar-refractivity contribution < 1.29 is 10.2 Å². The van der Waals surface area contributed by atoms with E-state index >= 15 is 0 Å². The summed E-state index contributed by atoms with van der Waals surface area (Å²) in [6.45, 7) is 0.622. The third-order valence-electron chi connectivity index (χ3n) is 4.61. The molecule has 5 atom stereocenters. The van der Waals surface area contributed by atoms with Crippen molar-refractivity contribution in [1.29, 1.82) is 0 Å². The van der Waals surface area contributed by atoms with Gasteiger partial charge in [-0.05, 0) is 30.6 Å². The van der Waals surface area contributed by atoms with Crippen molar-refractivity contribution in [2.24, 2.45) is 24.8 Å². The lowest BCUT2D eigenvalue weighted by molar-refractivity contribution is -0.0317. The van der Waals surface area contributed by atoms with E-state index in [0.717, 1.165) is 12.8 Å². The number of aromatic nitrogens is 2. The van der Waals surface area contributed by atoms with Crippen LogP contribution in [0.3, 0.4) is 0 Å². The molecule has 2 aliphatic carbocycles. The van der Waals surface area contributed by atoms with Gasteiger partial charge in [-0.3, -0.25) is 4.79 Å². The van der Waals surface area contributed by atoms with Gasteiger partial charge in [-0.15, -0.1) is 0 Å². The lowest BCUT2D eigenvalue weighted by atomic mass is 9.85. The molecule has 2 saturated carbocycles. The second kappa shape index (κ2) is 4.61. The van der Waals surface area contributed by atoms with Crippen molar-refractivity contribution in [3.05, 3.63) is 22.7 Å². The molecular weight excluding hydrogens is 246 g/mol. The largest absolute Gasteiger partial charge is 0.390 e. The van der Waals surface area contributed by atoms with Crippen molar-refractivity contribution >= 4 is 5.82 Å². The van der Waals surface area contributed by atoms with Crippen LogP contribution in [0.1, 0.15) is 12.8 Å². The lowest BCUT2D eigenvalue weighted by Crippen LogP contribution is -2.39. The average Bonchev–Trinajstić information content (AvgIpc) is 2.92. The number of anilines is 1. The van der Waals surface area contributed by atoms with Gasteiger partial charge < -0.3 is 20.1 Å². The highest BCUT2D eigenvalue weighted by Crippen LogP contribution is 2.48. The molecule has 1 aromatic heterocycles. The van der Waals surface area contributed by atoms with Gasteiger partial charge in [-0.2, -0.15) is 0 Å². The van der Waals surface area contributed by atoms with Crippen LogP contribution in [0.5, 0.6) is 0 Å². The Labute approximate surface area is 111 Å². The summed E-state index contributed by atoms with van der Waals surface area (Å²) in [7, 11) is 1.69. The number of rotatable bonds is 3. The number of nitrogens with one attached hydrogen (secondary N) is 1. The maximum atomic E-state index is 11.8. The Kier molecular flexibility index (Phi) is 3.06. The molecular formula is C13H19N3O3. The zero-order valence-electron chi connectivity index (χ0n) is 10.9. The van der Waals surface area contributed by atoms with Gasteiger partial charge in [0, 0.05) is 26.0 Å². The zero-order valence-corrected chi connectivity index (χ0v) is 10.9. The maximum absolute atomic E-state index is 11.8. The first-order chi connectivity index (χ1) is 9.08. The molecule has 2 bridgehead atoms. The van der Waals surface area contributed by atoms with E-state index < -0.39 is 12.2 Å².